The van der Waals surface area contributed by atoms with E-state index in [0.29, 0.717) is 18.2 Å². The lowest BCUT2D eigenvalue weighted by Gasteiger charge is -2.32. The molecule has 9 nitrogen and oxygen atoms in total. The van der Waals surface area contributed by atoms with Gasteiger partial charge in [0.15, 0.2) is 5.82 Å². The molecule has 2 aromatic rings. The highest BCUT2D eigenvalue weighted by Crippen LogP contribution is 2.18. The fourth-order valence-corrected chi connectivity index (χ4v) is 3.09. The summed E-state index contributed by atoms with van der Waals surface area (Å²) in [7, 11) is 1.72. The van der Waals surface area contributed by atoms with Crippen molar-refractivity contribution in [1.82, 2.24) is 35.1 Å². The number of halogens is 1. The van der Waals surface area contributed by atoms with Crippen molar-refractivity contribution in [2.45, 2.75) is 24.1 Å². The van der Waals surface area contributed by atoms with E-state index in [0.717, 1.165) is 25.2 Å². The van der Waals surface area contributed by atoms with Crippen LogP contribution in [0.15, 0.2) is 17.6 Å². The lowest BCUT2D eigenvalue weighted by molar-refractivity contribution is -0.131. The van der Waals surface area contributed by atoms with Crippen molar-refractivity contribution in [1.29, 1.82) is 0 Å². The van der Waals surface area contributed by atoms with Crippen molar-refractivity contribution in [3.05, 3.63) is 18.2 Å². The number of piperidine rings is 1. The summed E-state index contributed by atoms with van der Waals surface area (Å²) in [6.07, 6.45) is 3.53. The number of hydrogen-bond donors (Lipinski definition) is 0. The van der Waals surface area contributed by atoms with Crippen LogP contribution in [0, 0.1) is 5.82 Å². The van der Waals surface area contributed by atoms with Crippen molar-refractivity contribution in [2.24, 2.45) is 7.05 Å². The van der Waals surface area contributed by atoms with Gasteiger partial charge < -0.3 is 9.64 Å². The Labute approximate surface area is 141 Å². The molecule has 1 aliphatic rings. The molecule has 0 radical (unpaired) electrons. The minimum atomic E-state index is -0.516. The Morgan fingerprint density at radius 3 is 2.96 bits per heavy atom. The predicted octanol–water partition coefficient (Wildman–Crippen LogP) is 0.301. The topological polar surface area (TPSA) is 98.9 Å². The minimum absolute atomic E-state index is 0.00340. The smallest absolute Gasteiger partial charge is 0.316 e. The molecule has 2 aromatic heterocycles. The minimum Gasteiger partial charge on any atom is -0.458 e. The standard InChI is InChI=1S/C13H16FN7O2S/c1-20-13(17-18-19-20)24-8-11(22)21-4-2-3-10(7-21)23-12-15-5-9(14)6-16-12/h5-6,10H,2-4,7-8H2,1H3. The summed E-state index contributed by atoms with van der Waals surface area (Å²) in [5, 5.41) is 11.7. The maximum Gasteiger partial charge on any atom is 0.316 e. The van der Waals surface area contributed by atoms with E-state index in [9.17, 15) is 9.18 Å². The van der Waals surface area contributed by atoms with Crippen LogP contribution >= 0.6 is 11.8 Å². The van der Waals surface area contributed by atoms with Gasteiger partial charge in [-0.3, -0.25) is 4.79 Å². The number of rotatable bonds is 5. The van der Waals surface area contributed by atoms with Gasteiger partial charge in [0.1, 0.15) is 6.10 Å². The molecule has 0 bridgehead atoms. The fourth-order valence-electron chi connectivity index (χ4n) is 2.33. The summed E-state index contributed by atoms with van der Waals surface area (Å²) in [4.78, 5) is 21.6. The lowest BCUT2D eigenvalue weighted by atomic mass is 10.1. The summed E-state index contributed by atoms with van der Waals surface area (Å²) < 4.78 is 20.0. The number of carbonyl (C=O) groups is 1. The first-order valence-corrected chi connectivity index (χ1v) is 8.37. The molecule has 1 unspecified atom stereocenters. The van der Waals surface area contributed by atoms with E-state index in [1.807, 2.05) is 0 Å². The molecule has 128 valence electrons. The van der Waals surface area contributed by atoms with Gasteiger partial charge >= 0.3 is 6.01 Å². The third-order valence-corrected chi connectivity index (χ3v) is 4.50. The van der Waals surface area contributed by atoms with E-state index in [1.54, 1.807) is 11.9 Å². The van der Waals surface area contributed by atoms with E-state index in [-0.39, 0.29) is 23.8 Å². The Bertz CT molecular complexity index is 696. The lowest BCUT2D eigenvalue weighted by Crippen LogP contribution is -2.45. The van der Waals surface area contributed by atoms with Crippen LogP contribution < -0.4 is 4.74 Å². The van der Waals surface area contributed by atoms with E-state index in [2.05, 4.69) is 25.5 Å². The molecule has 3 rings (SSSR count). The number of carbonyl (C=O) groups excluding carboxylic acids is 1. The third kappa shape index (κ3) is 4.16. The summed E-state index contributed by atoms with van der Waals surface area (Å²) in [5.74, 6) is -0.261. The van der Waals surface area contributed by atoms with Crippen molar-refractivity contribution in [3.63, 3.8) is 0 Å². The van der Waals surface area contributed by atoms with E-state index < -0.39 is 5.82 Å². The van der Waals surface area contributed by atoms with Gasteiger partial charge in [-0.1, -0.05) is 11.8 Å². The highest BCUT2D eigenvalue weighted by molar-refractivity contribution is 7.99. The number of amides is 1. The fraction of sp³-hybridized carbons (Fsp3) is 0.538. The van der Waals surface area contributed by atoms with Crippen LogP contribution in [-0.4, -0.2) is 65.9 Å². The first kappa shape index (κ1) is 16.6. The first-order chi connectivity index (χ1) is 11.6. The second kappa shape index (κ2) is 7.51. The molecule has 24 heavy (non-hydrogen) atoms. The average molecular weight is 353 g/mol. The molecule has 0 saturated carbocycles. The van der Waals surface area contributed by atoms with Gasteiger partial charge in [0.25, 0.3) is 0 Å². The predicted molar refractivity (Wildman–Crippen MR) is 81.7 cm³/mol. The van der Waals surface area contributed by atoms with Crippen LogP contribution in [0.2, 0.25) is 0 Å². The number of thioether (sulfide) groups is 1. The van der Waals surface area contributed by atoms with Crippen molar-refractivity contribution in [2.75, 3.05) is 18.8 Å². The molecule has 1 amide bonds. The van der Waals surface area contributed by atoms with Gasteiger partial charge in [-0.2, -0.15) is 0 Å². The van der Waals surface area contributed by atoms with Crippen LogP contribution in [0.1, 0.15) is 12.8 Å². The average Bonchev–Trinajstić information content (AvgIpc) is 3.00. The Morgan fingerprint density at radius 2 is 2.25 bits per heavy atom. The molecule has 0 spiro atoms. The first-order valence-electron chi connectivity index (χ1n) is 7.39. The Balaban J connectivity index is 1.51. The van der Waals surface area contributed by atoms with Crippen LogP contribution in [0.3, 0.4) is 0 Å². The molecule has 1 saturated heterocycles. The van der Waals surface area contributed by atoms with Gasteiger partial charge in [0.2, 0.25) is 11.1 Å². The molecule has 0 aromatic carbocycles. The van der Waals surface area contributed by atoms with Gasteiger partial charge in [-0.15, -0.1) is 5.10 Å². The number of ether oxygens (including phenoxy) is 1. The number of tetrazole rings is 1. The highest BCUT2D eigenvalue weighted by atomic mass is 32.2. The zero-order valence-corrected chi connectivity index (χ0v) is 13.8. The van der Waals surface area contributed by atoms with Gasteiger partial charge in [-0.05, 0) is 23.3 Å². The molecule has 1 fully saturated rings. The molecule has 3 heterocycles. The normalized spacial score (nSPS) is 17.8. The maximum atomic E-state index is 12.8. The van der Waals surface area contributed by atoms with Crippen molar-refractivity contribution in [3.8, 4) is 6.01 Å². The monoisotopic (exact) mass is 353 g/mol. The number of likely N-dealkylation sites (tertiary alicyclic amines) is 1. The molecular formula is C13H16FN7O2S. The number of aryl methyl sites for hydroxylation is 1. The quantitative estimate of drug-likeness (QED) is 0.708. The van der Waals surface area contributed by atoms with Crippen LogP contribution in [0.5, 0.6) is 6.01 Å². The Morgan fingerprint density at radius 1 is 1.46 bits per heavy atom. The molecule has 0 N–H and O–H groups in total. The Hall–Kier alpha value is -2.30. The molecular weight excluding hydrogens is 337 g/mol. The van der Waals surface area contributed by atoms with E-state index >= 15 is 0 Å². The van der Waals surface area contributed by atoms with Gasteiger partial charge in [-0.25, -0.2) is 19.0 Å². The van der Waals surface area contributed by atoms with Gasteiger partial charge in [0, 0.05) is 13.6 Å². The van der Waals surface area contributed by atoms with Crippen molar-refractivity contribution >= 4 is 17.7 Å². The van der Waals surface area contributed by atoms with Crippen LogP contribution in [-0.2, 0) is 11.8 Å². The van der Waals surface area contributed by atoms with Crippen LogP contribution in [0.25, 0.3) is 0 Å². The molecule has 1 aliphatic heterocycles. The van der Waals surface area contributed by atoms with Gasteiger partial charge in [0.05, 0.1) is 24.7 Å². The zero-order chi connectivity index (χ0) is 16.9. The summed E-state index contributed by atoms with van der Waals surface area (Å²) in [6, 6.07) is 0.121. The highest BCUT2D eigenvalue weighted by Gasteiger charge is 2.25. The number of nitrogens with zero attached hydrogens (tertiary/aromatic N) is 7. The maximum absolute atomic E-state index is 12.8. The van der Waals surface area contributed by atoms with E-state index in [4.69, 9.17) is 4.74 Å². The second-order valence-electron chi connectivity index (χ2n) is 5.28. The largest absolute Gasteiger partial charge is 0.458 e. The molecule has 0 aliphatic carbocycles. The molecule has 11 heteroatoms. The third-order valence-electron chi connectivity index (χ3n) is 3.51. The second-order valence-corrected chi connectivity index (χ2v) is 6.22. The van der Waals surface area contributed by atoms with Crippen molar-refractivity contribution < 1.29 is 13.9 Å². The Kier molecular flexibility index (Phi) is 5.18. The SMILES string of the molecule is Cn1nnnc1SCC(=O)N1CCCC(Oc2ncc(F)cn2)C1. The number of aromatic nitrogens is 6. The zero-order valence-electron chi connectivity index (χ0n) is 13.0. The summed E-state index contributed by atoms with van der Waals surface area (Å²) in [5.41, 5.74) is 0. The van der Waals surface area contributed by atoms with E-state index in [1.165, 1.54) is 16.4 Å². The van der Waals surface area contributed by atoms with Crippen LogP contribution in [0.4, 0.5) is 4.39 Å². The summed E-state index contributed by atoms with van der Waals surface area (Å²) in [6.45, 7) is 1.14. The molecule has 1 atom stereocenters. The number of hydrogen-bond acceptors (Lipinski definition) is 8. The summed E-state index contributed by atoms with van der Waals surface area (Å²) >= 11 is 1.29.